The number of H-pyrrole nitrogens is 1. The van der Waals surface area contributed by atoms with E-state index >= 15 is 0 Å². The largest absolute Gasteiger partial charge is 0.455 e. The van der Waals surface area contributed by atoms with Gasteiger partial charge in [-0.3, -0.25) is 14.1 Å². The number of aromatic amines is 1. The first-order valence-corrected chi connectivity index (χ1v) is 12.4. The number of hydrogen-bond acceptors (Lipinski definition) is 8. The van der Waals surface area contributed by atoms with Crippen molar-refractivity contribution in [1.82, 2.24) is 34.2 Å². The minimum absolute atomic E-state index is 0.205. The number of pyridine rings is 1. The summed E-state index contributed by atoms with van der Waals surface area (Å²) in [7, 11) is 0. The Labute approximate surface area is 207 Å². The van der Waals surface area contributed by atoms with E-state index in [4.69, 9.17) is 9.40 Å². The molecule has 6 heterocycles. The van der Waals surface area contributed by atoms with E-state index in [1.807, 2.05) is 27.9 Å². The molecule has 0 bridgehead atoms. The molecule has 0 amide bonds. The number of aliphatic hydroxyl groups is 1. The van der Waals surface area contributed by atoms with Gasteiger partial charge in [-0.15, -0.1) is 0 Å². The van der Waals surface area contributed by atoms with Gasteiger partial charge in [-0.2, -0.15) is 10.4 Å². The Morgan fingerprint density at radius 3 is 2.89 bits per heavy atom. The summed E-state index contributed by atoms with van der Waals surface area (Å²) in [6, 6.07) is 7.62. The van der Waals surface area contributed by atoms with Gasteiger partial charge in [0.25, 0.3) is 0 Å². The van der Waals surface area contributed by atoms with Crippen LogP contribution in [0, 0.1) is 11.3 Å². The zero-order chi connectivity index (χ0) is 25.0. The Morgan fingerprint density at radius 1 is 1.33 bits per heavy atom. The van der Waals surface area contributed by atoms with Crippen LogP contribution in [-0.2, 0) is 23.2 Å². The Balaban J connectivity index is 1.49. The van der Waals surface area contributed by atoms with Crippen LogP contribution < -0.4 is 0 Å². The first kappa shape index (κ1) is 22.6. The summed E-state index contributed by atoms with van der Waals surface area (Å²) in [5.74, 6) is 1.42. The van der Waals surface area contributed by atoms with E-state index in [1.54, 1.807) is 36.1 Å². The second kappa shape index (κ2) is 8.38. The van der Waals surface area contributed by atoms with Gasteiger partial charge >= 0.3 is 0 Å². The minimum Gasteiger partial charge on any atom is -0.455 e. The fourth-order valence-electron chi connectivity index (χ4n) is 4.84. The summed E-state index contributed by atoms with van der Waals surface area (Å²) in [5.41, 5.74) is 2.27. The van der Waals surface area contributed by atoms with Crippen molar-refractivity contribution >= 4 is 33.1 Å². The van der Waals surface area contributed by atoms with Gasteiger partial charge in [0.1, 0.15) is 34.4 Å². The fourth-order valence-corrected chi connectivity index (χ4v) is 5.24. The van der Waals surface area contributed by atoms with Gasteiger partial charge in [-0.25, -0.2) is 14.2 Å². The summed E-state index contributed by atoms with van der Waals surface area (Å²) in [5, 5.41) is 24.0. The number of hydrogen-bond donors (Lipinski definition) is 3. The van der Waals surface area contributed by atoms with Crippen LogP contribution in [0.4, 0.5) is 0 Å². The van der Waals surface area contributed by atoms with Crippen molar-refractivity contribution in [2.75, 3.05) is 13.1 Å². The quantitative estimate of drug-likeness (QED) is 0.281. The average molecular weight is 507 g/mol. The molecule has 1 saturated heterocycles. The highest BCUT2D eigenvalue weighted by atomic mass is 32.2. The number of rotatable bonds is 7. The predicted octanol–water partition coefficient (Wildman–Crippen LogP) is 2.34. The molecule has 6 rings (SSSR count). The summed E-state index contributed by atoms with van der Waals surface area (Å²) >= 11 is -1.99. The van der Waals surface area contributed by atoms with Crippen LogP contribution in [0.15, 0.2) is 47.4 Å². The molecule has 0 spiro atoms. The summed E-state index contributed by atoms with van der Waals surface area (Å²) in [6.07, 6.45) is 7.26. The fraction of sp³-hybridized carbons (Fsp3) is 0.304. The third kappa shape index (κ3) is 3.38. The molecule has 0 aliphatic carbocycles. The molecule has 5 aromatic rings. The number of aromatic nitrogens is 6. The third-order valence-corrected chi connectivity index (χ3v) is 7.64. The highest BCUT2D eigenvalue weighted by Crippen LogP contribution is 2.37. The molecule has 1 fully saturated rings. The van der Waals surface area contributed by atoms with Crippen molar-refractivity contribution in [1.29, 1.82) is 5.26 Å². The molecule has 1 aliphatic rings. The van der Waals surface area contributed by atoms with Crippen molar-refractivity contribution in [3.05, 3.63) is 48.7 Å². The van der Waals surface area contributed by atoms with Gasteiger partial charge in [-0.1, -0.05) is 0 Å². The molecule has 36 heavy (non-hydrogen) atoms. The van der Waals surface area contributed by atoms with E-state index in [0.717, 1.165) is 10.9 Å². The van der Waals surface area contributed by atoms with E-state index in [1.165, 1.54) is 0 Å². The molecule has 1 aliphatic heterocycles. The molecule has 0 saturated carbocycles. The predicted molar refractivity (Wildman–Crippen MR) is 130 cm³/mol. The first-order chi connectivity index (χ1) is 17.4. The number of nitrogens with zero attached hydrogens (tertiary/aromatic N) is 7. The molecule has 2 atom stereocenters. The monoisotopic (exact) mass is 506 g/mol. The van der Waals surface area contributed by atoms with Crippen LogP contribution >= 0.6 is 0 Å². The Kier molecular flexibility index (Phi) is 5.27. The highest BCUT2D eigenvalue weighted by molar-refractivity contribution is 7.79. The van der Waals surface area contributed by atoms with Crippen molar-refractivity contribution in [2.24, 2.45) is 0 Å². The number of nitriles is 1. The number of furan rings is 1. The van der Waals surface area contributed by atoms with Crippen LogP contribution in [-0.4, -0.2) is 66.5 Å². The van der Waals surface area contributed by atoms with E-state index < -0.39 is 22.0 Å². The second-order valence-electron chi connectivity index (χ2n) is 8.91. The van der Waals surface area contributed by atoms with Gasteiger partial charge in [-0.05, 0) is 25.1 Å². The molecule has 3 N–H and O–H groups in total. The normalized spacial score (nSPS) is 17.3. The van der Waals surface area contributed by atoms with Gasteiger partial charge in [0, 0.05) is 30.9 Å². The van der Waals surface area contributed by atoms with Crippen LogP contribution in [0.25, 0.3) is 39.3 Å². The summed E-state index contributed by atoms with van der Waals surface area (Å²) in [4.78, 5) is 14.2. The highest BCUT2D eigenvalue weighted by Gasteiger charge is 2.48. The maximum Gasteiger partial charge on any atom is 0.182 e. The van der Waals surface area contributed by atoms with Gasteiger partial charge in [0.2, 0.25) is 0 Å². The van der Waals surface area contributed by atoms with Crippen LogP contribution in [0.2, 0.25) is 0 Å². The zero-order valence-corrected chi connectivity index (χ0v) is 20.0. The maximum atomic E-state index is 11.5. The maximum absolute atomic E-state index is 11.5. The van der Waals surface area contributed by atoms with E-state index in [-0.39, 0.29) is 13.0 Å². The van der Waals surface area contributed by atoms with E-state index in [2.05, 4.69) is 21.1 Å². The lowest BCUT2D eigenvalue weighted by molar-refractivity contribution is -0.00171. The molecule has 5 aromatic heterocycles. The lowest BCUT2D eigenvalue weighted by atomic mass is 9.87. The number of fused-ring (bicyclic) bond motifs is 3. The molecular weight excluding hydrogens is 484 g/mol. The van der Waals surface area contributed by atoms with Crippen LogP contribution in [0.3, 0.4) is 0 Å². The van der Waals surface area contributed by atoms with Gasteiger partial charge in [0.15, 0.2) is 22.7 Å². The first-order valence-electron chi connectivity index (χ1n) is 11.2. The van der Waals surface area contributed by atoms with Gasteiger partial charge < -0.3 is 19.1 Å². The summed E-state index contributed by atoms with van der Waals surface area (Å²) in [6.45, 7) is 2.31. The standard InChI is InChI=1S/C23H22N8O4S/c1-14(36(33)34)29-12-23(13-29,5-6-24)30-10-15(8-27-30)31-20-17-4-7-25-21(17)26-9-18(20)28-22(31)19-3-2-16(11-32)35-19/h2-4,7-10,14,32H,5,11-13H2,1H3,(H,25,26)(H,33,34). The third-order valence-electron chi connectivity index (χ3n) is 6.76. The number of likely N-dealkylation sites (tertiary alicyclic amines) is 1. The Morgan fingerprint density at radius 2 is 2.17 bits per heavy atom. The zero-order valence-electron chi connectivity index (χ0n) is 19.2. The second-order valence-corrected chi connectivity index (χ2v) is 10.1. The topological polar surface area (TPSA) is 162 Å². The molecule has 0 aromatic carbocycles. The minimum atomic E-state index is -1.99. The number of nitrogens with one attached hydrogen (secondary N) is 1. The average Bonchev–Trinajstić information content (AvgIpc) is 3.63. The Bertz CT molecular complexity index is 1650. The van der Waals surface area contributed by atoms with Crippen molar-refractivity contribution in [2.45, 2.75) is 30.9 Å². The lowest BCUT2D eigenvalue weighted by Gasteiger charge is -2.50. The number of imidazole rings is 1. The van der Waals surface area contributed by atoms with Crippen molar-refractivity contribution < 1.29 is 18.3 Å². The molecule has 0 radical (unpaired) electrons. The van der Waals surface area contributed by atoms with Gasteiger partial charge in [0.05, 0.1) is 36.1 Å². The molecule has 13 heteroatoms. The lowest BCUT2D eigenvalue weighted by Crippen LogP contribution is -2.65. The molecule has 184 valence electrons. The van der Waals surface area contributed by atoms with Crippen molar-refractivity contribution in [3.8, 4) is 23.3 Å². The van der Waals surface area contributed by atoms with E-state index in [9.17, 15) is 19.1 Å². The van der Waals surface area contributed by atoms with Crippen LogP contribution in [0.1, 0.15) is 19.1 Å². The Hall–Kier alpha value is -3.83. The summed E-state index contributed by atoms with van der Waals surface area (Å²) < 4.78 is 30.5. The van der Waals surface area contributed by atoms with Crippen LogP contribution in [0.5, 0.6) is 0 Å². The smallest absolute Gasteiger partial charge is 0.182 e. The SMILES string of the molecule is CC(N1CC(CC#N)(n2cc(-n3c(-c4ccc(CO)o4)nc4cnc5[nH]ccc5c43)cn2)C1)S(=O)O. The molecule has 12 nitrogen and oxygen atoms in total. The van der Waals surface area contributed by atoms with Crippen molar-refractivity contribution in [3.63, 3.8) is 0 Å². The molecular formula is C23H22N8O4S. The molecule has 2 unspecified atom stereocenters. The van der Waals surface area contributed by atoms with E-state index in [0.29, 0.717) is 47.3 Å². The number of aliphatic hydroxyl groups excluding tert-OH is 1.